The van der Waals surface area contributed by atoms with Crippen molar-refractivity contribution in [3.05, 3.63) is 51.9 Å². The molecule has 0 fully saturated rings. The molecular formula is C20H22N4O3S. The lowest BCUT2D eigenvalue weighted by molar-refractivity contribution is -0.120. The maximum Gasteiger partial charge on any atom is 0.321 e. The Kier molecular flexibility index (Phi) is 5.89. The average Bonchev–Trinajstić information content (AvgIpc) is 3.09. The Morgan fingerprint density at radius 2 is 1.96 bits per heavy atom. The summed E-state index contributed by atoms with van der Waals surface area (Å²) >= 11 is 1.39. The Morgan fingerprint density at radius 1 is 1.25 bits per heavy atom. The fourth-order valence-electron chi connectivity index (χ4n) is 2.71. The molecule has 146 valence electrons. The molecule has 0 unspecified atom stereocenters. The Morgan fingerprint density at radius 3 is 2.64 bits per heavy atom. The highest BCUT2D eigenvalue weighted by Gasteiger charge is 2.16. The van der Waals surface area contributed by atoms with Gasteiger partial charge in [-0.05, 0) is 25.8 Å². The van der Waals surface area contributed by atoms with Gasteiger partial charge in [0.15, 0.2) is 0 Å². The molecule has 0 spiro atoms. The summed E-state index contributed by atoms with van der Waals surface area (Å²) in [5, 5.41) is 7.27. The minimum atomic E-state index is -0.573. The summed E-state index contributed by atoms with van der Waals surface area (Å²) < 4.78 is 1.22. The Bertz CT molecular complexity index is 1070. The number of thiophene rings is 1. The summed E-state index contributed by atoms with van der Waals surface area (Å²) in [6.45, 7) is 5.49. The van der Waals surface area contributed by atoms with E-state index in [1.807, 2.05) is 50.4 Å². The smallest absolute Gasteiger partial charge is 0.321 e. The van der Waals surface area contributed by atoms with E-state index in [2.05, 4.69) is 15.6 Å². The predicted octanol–water partition coefficient (Wildman–Crippen LogP) is 3.06. The van der Waals surface area contributed by atoms with E-state index in [0.717, 1.165) is 23.1 Å². The zero-order valence-corrected chi connectivity index (χ0v) is 16.8. The Hall–Kier alpha value is -3.00. The largest absolute Gasteiger partial charge is 0.335 e. The molecule has 2 N–H and O–H groups in total. The van der Waals surface area contributed by atoms with Crippen molar-refractivity contribution >= 4 is 33.5 Å². The first-order chi connectivity index (χ1) is 13.4. The first kappa shape index (κ1) is 19.8. The van der Waals surface area contributed by atoms with Crippen molar-refractivity contribution in [2.24, 2.45) is 0 Å². The van der Waals surface area contributed by atoms with Gasteiger partial charge in [0.2, 0.25) is 5.91 Å². The van der Waals surface area contributed by atoms with Gasteiger partial charge < -0.3 is 5.32 Å². The minimum absolute atomic E-state index is 0.0450. The third kappa shape index (κ3) is 4.28. The van der Waals surface area contributed by atoms with Crippen molar-refractivity contribution in [3.8, 4) is 11.1 Å². The summed E-state index contributed by atoms with van der Waals surface area (Å²) in [6, 6.07) is 7.27. The molecule has 0 saturated carbocycles. The summed E-state index contributed by atoms with van der Waals surface area (Å²) in [7, 11) is 0. The fourth-order valence-corrected chi connectivity index (χ4v) is 3.62. The maximum atomic E-state index is 12.9. The van der Waals surface area contributed by atoms with Crippen molar-refractivity contribution < 1.29 is 9.59 Å². The predicted molar refractivity (Wildman–Crippen MR) is 110 cm³/mol. The number of imide groups is 1. The lowest BCUT2D eigenvalue weighted by atomic mass is 10.1. The number of urea groups is 1. The van der Waals surface area contributed by atoms with Gasteiger partial charge >= 0.3 is 6.03 Å². The van der Waals surface area contributed by atoms with Gasteiger partial charge in [-0.1, -0.05) is 36.8 Å². The third-order valence-electron chi connectivity index (χ3n) is 4.48. The third-order valence-corrected chi connectivity index (χ3v) is 5.37. The number of nitrogens with one attached hydrogen (secondary N) is 2. The van der Waals surface area contributed by atoms with Crippen LogP contribution in [0.3, 0.4) is 0 Å². The van der Waals surface area contributed by atoms with Gasteiger partial charge in [0, 0.05) is 17.0 Å². The zero-order valence-electron chi connectivity index (χ0n) is 16.0. The summed E-state index contributed by atoms with van der Waals surface area (Å²) in [6.07, 6.45) is 2.09. The number of benzene rings is 1. The lowest BCUT2D eigenvalue weighted by Crippen LogP contribution is -2.45. The van der Waals surface area contributed by atoms with Crippen LogP contribution in [0, 0.1) is 6.92 Å². The lowest BCUT2D eigenvalue weighted by Gasteiger charge is -2.12. The highest BCUT2D eigenvalue weighted by molar-refractivity contribution is 7.17. The highest BCUT2D eigenvalue weighted by atomic mass is 32.1. The molecule has 1 atom stereocenters. The average molecular weight is 398 g/mol. The zero-order chi connectivity index (χ0) is 20.3. The van der Waals surface area contributed by atoms with Crippen LogP contribution in [0.5, 0.6) is 0 Å². The quantitative estimate of drug-likeness (QED) is 0.691. The first-order valence-electron chi connectivity index (χ1n) is 9.03. The minimum Gasteiger partial charge on any atom is -0.335 e. The molecule has 0 aliphatic carbocycles. The van der Waals surface area contributed by atoms with Gasteiger partial charge in [-0.25, -0.2) is 9.78 Å². The first-order valence-corrected chi connectivity index (χ1v) is 9.91. The topological polar surface area (TPSA) is 93.1 Å². The highest BCUT2D eigenvalue weighted by Crippen LogP contribution is 2.30. The van der Waals surface area contributed by atoms with E-state index >= 15 is 0 Å². The summed E-state index contributed by atoms with van der Waals surface area (Å²) in [5.74, 6) is -0.573. The monoisotopic (exact) mass is 398 g/mol. The van der Waals surface area contributed by atoms with Gasteiger partial charge in [0.05, 0.1) is 11.7 Å². The molecule has 1 aromatic carbocycles. The number of hydrogen-bond donors (Lipinski definition) is 2. The molecule has 0 radical (unpaired) electrons. The number of hydrogen-bond acceptors (Lipinski definition) is 5. The van der Waals surface area contributed by atoms with Crippen molar-refractivity contribution in [1.29, 1.82) is 0 Å². The number of rotatable bonds is 5. The molecule has 3 aromatic rings. The molecule has 0 aliphatic rings. The van der Waals surface area contributed by atoms with Gasteiger partial charge in [-0.15, -0.1) is 11.3 Å². The van der Waals surface area contributed by atoms with E-state index in [-0.39, 0.29) is 18.1 Å². The van der Waals surface area contributed by atoms with Crippen LogP contribution in [-0.4, -0.2) is 27.5 Å². The van der Waals surface area contributed by atoms with Crippen LogP contribution >= 0.6 is 11.3 Å². The summed E-state index contributed by atoms with van der Waals surface area (Å²) in [5.41, 5.74) is 2.54. The van der Waals surface area contributed by atoms with Crippen LogP contribution in [0.1, 0.15) is 25.8 Å². The number of carbonyl (C=O) groups is 2. The van der Waals surface area contributed by atoms with Crippen LogP contribution < -0.4 is 16.2 Å². The van der Waals surface area contributed by atoms with E-state index in [9.17, 15) is 14.4 Å². The molecule has 0 bridgehead atoms. The number of nitrogens with zero attached hydrogens (tertiary/aromatic N) is 2. The molecule has 0 aliphatic heterocycles. The number of amides is 3. The normalized spacial score (nSPS) is 12.0. The Balaban J connectivity index is 1.85. The van der Waals surface area contributed by atoms with Gasteiger partial charge in [-0.3, -0.25) is 19.5 Å². The molecule has 2 aromatic heterocycles. The number of fused-ring (bicyclic) bond motifs is 1. The summed E-state index contributed by atoms with van der Waals surface area (Å²) in [4.78, 5) is 41.8. The molecule has 3 amide bonds. The molecule has 7 nitrogen and oxygen atoms in total. The van der Waals surface area contributed by atoms with Gasteiger partial charge in [0.1, 0.15) is 11.4 Å². The van der Waals surface area contributed by atoms with E-state index in [1.54, 1.807) is 0 Å². The fraction of sp³-hybridized carbons (Fsp3) is 0.300. The number of carbonyl (C=O) groups excluding carboxylic acids is 2. The molecule has 28 heavy (non-hydrogen) atoms. The molecule has 8 heteroatoms. The van der Waals surface area contributed by atoms with Crippen molar-refractivity contribution in [2.45, 2.75) is 39.8 Å². The van der Waals surface area contributed by atoms with Crippen LogP contribution in [0.25, 0.3) is 21.3 Å². The van der Waals surface area contributed by atoms with Crippen LogP contribution in [0.2, 0.25) is 0 Å². The second-order valence-electron chi connectivity index (χ2n) is 6.70. The molecule has 3 rings (SSSR count). The Labute approximate surface area is 166 Å². The maximum absolute atomic E-state index is 12.9. The van der Waals surface area contributed by atoms with Crippen LogP contribution in [0.15, 0.2) is 40.8 Å². The molecule has 0 saturated heterocycles. The molecule has 2 heterocycles. The van der Waals surface area contributed by atoms with Crippen molar-refractivity contribution in [2.75, 3.05) is 0 Å². The van der Waals surface area contributed by atoms with Crippen LogP contribution in [-0.2, 0) is 11.3 Å². The van der Waals surface area contributed by atoms with Crippen molar-refractivity contribution in [1.82, 2.24) is 20.2 Å². The van der Waals surface area contributed by atoms with E-state index in [4.69, 9.17) is 0 Å². The number of aromatic nitrogens is 2. The SMILES string of the molecule is CC[C@@H](C)NC(=O)NC(=O)Cn1cnc2scc(-c3ccc(C)cc3)c2c1=O. The van der Waals surface area contributed by atoms with Gasteiger partial charge in [-0.2, -0.15) is 0 Å². The standard InChI is InChI=1S/C20H22N4O3S/c1-4-13(3)22-20(27)23-16(25)9-24-11-21-18-17(19(24)26)15(10-28-18)14-7-5-12(2)6-8-14/h5-8,10-11,13H,4,9H2,1-3H3,(H2,22,23,25,27)/t13-/m1/s1. The van der Waals surface area contributed by atoms with E-state index in [0.29, 0.717) is 10.2 Å². The van der Waals surface area contributed by atoms with Gasteiger partial charge in [0.25, 0.3) is 5.56 Å². The van der Waals surface area contributed by atoms with E-state index in [1.165, 1.54) is 22.2 Å². The second-order valence-corrected chi connectivity index (χ2v) is 7.56. The van der Waals surface area contributed by atoms with Crippen molar-refractivity contribution in [3.63, 3.8) is 0 Å². The number of aryl methyl sites for hydroxylation is 1. The second kappa shape index (κ2) is 8.35. The molecular weight excluding hydrogens is 376 g/mol. The van der Waals surface area contributed by atoms with Crippen LogP contribution in [0.4, 0.5) is 4.79 Å². The van der Waals surface area contributed by atoms with E-state index < -0.39 is 11.9 Å².